The highest BCUT2D eigenvalue weighted by Gasteiger charge is 2.47. The fourth-order valence-electron chi connectivity index (χ4n) is 7.78. The maximum atomic E-state index is 13.0. The third-order valence-corrected chi connectivity index (χ3v) is 11.9. The van der Waals surface area contributed by atoms with Gasteiger partial charge in [-0.05, 0) is 44.9 Å². The van der Waals surface area contributed by atoms with Gasteiger partial charge >= 0.3 is 11.9 Å². The molecular formula is C49H88O15. The van der Waals surface area contributed by atoms with E-state index in [9.17, 15) is 45.3 Å². The number of carbonyl (C=O) groups is 2. The molecule has 0 aromatic carbocycles. The average molecular weight is 917 g/mol. The van der Waals surface area contributed by atoms with Gasteiger partial charge in [-0.3, -0.25) is 9.59 Å². The van der Waals surface area contributed by atoms with Crippen molar-refractivity contribution in [2.24, 2.45) is 0 Å². The summed E-state index contributed by atoms with van der Waals surface area (Å²) in [5.41, 5.74) is 0. The molecule has 2 fully saturated rings. The first-order valence-electron chi connectivity index (χ1n) is 24.9. The van der Waals surface area contributed by atoms with Crippen LogP contribution in [0.25, 0.3) is 0 Å². The largest absolute Gasteiger partial charge is 0.462 e. The van der Waals surface area contributed by atoms with Gasteiger partial charge in [-0.15, -0.1) is 0 Å². The van der Waals surface area contributed by atoms with E-state index in [-0.39, 0.29) is 26.1 Å². The van der Waals surface area contributed by atoms with Crippen LogP contribution in [-0.2, 0) is 38.0 Å². The van der Waals surface area contributed by atoms with Gasteiger partial charge in [0.2, 0.25) is 0 Å². The average Bonchev–Trinajstić information content (AvgIpc) is 3.29. The Bertz CT molecular complexity index is 1220. The van der Waals surface area contributed by atoms with Gasteiger partial charge in [0.15, 0.2) is 18.7 Å². The number of allylic oxidation sites excluding steroid dienone is 4. The third-order valence-electron chi connectivity index (χ3n) is 11.9. The number of hydrogen-bond donors (Lipinski definition) is 7. The fourth-order valence-corrected chi connectivity index (χ4v) is 7.78. The molecule has 2 aliphatic heterocycles. The highest BCUT2D eigenvalue weighted by Crippen LogP contribution is 2.26. The van der Waals surface area contributed by atoms with Crippen LogP contribution >= 0.6 is 0 Å². The number of hydrogen-bond acceptors (Lipinski definition) is 15. The lowest BCUT2D eigenvalue weighted by Gasteiger charge is -2.42. The molecule has 64 heavy (non-hydrogen) atoms. The van der Waals surface area contributed by atoms with Gasteiger partial charge in [0.25, 0.3) is 0 Å². The zero-order valence-corrected chi connectivity index (χ0v) is 39.3. The first-order chi connectivity index (χ1) is 31.0. The molecule has 7 N–H and O–H groups in total. The van der Waals surface area contributed by atoms with Gasteiger partial charge in [0, 0.05) is 12.8 Å². The SMILES string of the molecule is CCCCC/C=C\C/C=C\CCCCCCCC(=O)O[C@@H](COC(=O)CCCCCCCCCCCCCCC)CO[C@@H]1O[C@H](CO[C@H]2O[C@H](CO)[C@H](O)[C@H](O)[C@H]2O)[C@H](O)[C@H](O)[C@H]1O. The van der Waals surface area contributed by atoms with Crippen LogP contribution in [0.3, 0.4) is 0 Å². The van der Waals surface area contributed by atoms with Crippen molar-refractivity contribution >= 4 is 11.9 Å². The van der Waals surface area contributed by atoms with Crippen molar-refractivity contribution in [3.05, 3.63) is 24.3 Å². The summed E-state index contributed by atoms with van der Waals surface area (Å²) in [4.78, 5) is 25.7. The Labute approximate surface area is 383 Å². The Morgan fingerprint density at radius 1 is 0.500 bits per heavy atom. The van der Waals surface area contributed by atoms with E-state index in [2.05, 4.69) is 38.2 Å². The molecule has 0 unspecified atom stereocenters. The molecule has 11 atom stereocenters. The van der Waals surface area contributed by atoms with E-state index in [0.717, 1.165) is 64.2 Å². The van der Waals surface area contributed by atoms with Gasteiger partial charge < -0.3 is 64.2 Å². The molecule has 2 rings (SSSR count). The van der Waals surface area contributed by atoms with Crippen LogP contribution in [-0.4, -0.2) is 142 Å². The molecule has 0 aliphatic carbocycles. The Morgan fingerprint density at radius 3 is 1.48 bits per heavy atom. The lowest BCUT2D eigenvalue weighted by Crippen LogP contribution is -2.61. The molecule has 0 amide bonds. The second-order valence-electron chi connectivity index (χ2n) is 17.6. The van der Waals surface area contributed by atoms with Crippen molar-refractivity contribution in [1.29, 1.82) is 0 Å². The van der Waals surface area contributed by atoms with Crippen molar-refractivity contribution in [3.63, 3.8) is 0 Å². The van der Waals surface area contributed by atoms with E-state index in [1.165, 1.54) is 77.0 Å². The zero-order valence-electron chi connectivity index (χ0n) is 39.3. The smallest absolute Gasteiger partial charge is 0.306 e. The number of unbranched alkanes of at least 4 members (excludes halogenated alkanes) is 20. The summed E-state index contributed by atoms with van der Waals surface area (Å²) in [6.45, 7) is 2.55. The molecule has 15 heteroatoms. The van der Waals surface area contributed by atoms with Crippen LogP contribution in [0.2, 0.25) is 0 Å². The van der Waals surface area contributed by atoms with Crippen molar-refractivity contribution in [2.75, 3.05) is 26.4 Å². The van der Waals surface area contributed by atoms with Gasteiger partial charge in [-0.25, -0.2) is 0 Å². The molecule has 374 valence electrons. The van der Waals surface area contributed by atoms with Crippen molar-refractivity contribution in [1.82, 2.24) is 0 Å². The predicted octanol–water partition coefficient (Wildman–Crippen LogP) is 6.38. The maximum Gasteiger partial charge on any atom is 0.306 e. The minimum absolute atomic E-state index is 0.152. The van der Waals surface area contributed by atoms with Gasteiger partial charge in [-0.2, -0.15) is 0 Å². The Balaban J connectivity index is 1.83. The molecule has 0 saturated carbocycles. The Hall–Kier alpha value is -2.02. The Kier molecular flexibility index (Phi) is 33.6. The van der Waals surface area contributed by atoms with Crippen LogP contribution in [0.15, 0.2) is 24.3 Å². The number of ether oxygens (including phenoxy) is 6. The Morgan fingerprint density at radius 2 is 0.938 bits per heavy atom. The van der Waals surface area contributed by atoms with Crippen molar-refractivity contribution in [2.45, 2.75) is 248 Å². The number of aliphatic hydroxyl groups is 7. The molecule has 0 aromatic heterocycles. The zero-order chi connectivity index (χ0) is 46.8. The summed E-state index contributed by atoms with van der Waals surface area (Å²) in [7, 11) is 0. The first kappa shape index (κ1) is 58.1. The lowest BCUT2D eigenvalue weighted by atomic mass is 9.98. The molecule has 0 spiro atoms. The molecule has 0 bridgehead atoms. The van der Waals surface area contributed by atoms with Crippen molar-refractivity contribution in [3.8, 4) is 0 Å². The quantitative estimate of drug-likeness (QED) is 0.0203. The summed E-state index contributed by atoms with van der Waals surface area (Å²) < 4.78 is 33.5. The highest BCUT2D eigenvalue weighted by molar-refractivity contribution is 5.70. The van der Waals surface area contributed by atoms with Crippen LogP contribution in [0.4, 0.5) is 0 Å². The maximum absolute atomic E-state index is 13.0. The molecule has 2 aliphatic rings. The van der Waals surface area contributed by atoms with E-state index >= 15 is 0 Å². The second-order valence-corrected chi connectivity index (χ2v) is 17.6. The lowest BCUT2D eigenvalue weighted by molar-refractivity contribution is -0.332. The number of esters is 2. The van der Waals surface area contributed by atoms with Crippen LogP contribution in [0.5, 0.6) is 0 Å². The highest BCUT2D eigenvalue weighted by atomic mass is 16.7. The standard InChI is InChI=1S/C49H88O15/c1-3-5-7-9-11-13-15-17-18-20-22-24-26-28-30-32-41(52)62-37(34-59-40(51)31-29-27-25-23-21-19-16-14-12-10-8-6-4-2)35-60-48-47(58)45(56)43(54)39(64-48)36-61-49-46(57)44(55)42(53)38(33-50)63-49/h11,13,17-18,37-39,42-50,53-58H,3-10,12,14-16,19-36H2,1-2H3/b13-11-,18-17-/t37-,38+,39+,42-,43-,44-,45-,46+,47+,48+,49-/m0/s1. The topological polar surface area (TPSA) is 231 Å². The number of aliphatic hydroxyl groups excluding tert-OH is 7. The molecule has 0 aromatic rings. The van der Waals surface area contributed by atoms with Crippen LogP contribution in [0.1, 0.15) is 181 Å². The summed E-state index contributed by atoms with van der Waals surface area (Å²) in [5, 5.41) is 72.0. The van der Waals surface area contributed by atoms with Crippen LogP contribution < -0.4 is 0 Å². The summed E-state index contributed by atoms with van der Waals surface area (Å²) >= 11 is 0. The minimum atomic E-state index is -1.76. The molecule has 0 radical (unpaired) electrons. The predicted molar refractivity (Wildman–Crippen MR) is 243 cm³/mol. The van der Waals surface area contributed by atoms with Crippen LogP contribution in [0, 0.1) is 0 Å². The fraction of sp³-hybridized carbons (Fsp3) is 0.878. The van der Waals surface area contributed by atoms with E-state index in [0.29, 0.717) is 12.8 Å². The first-order valence-corrected chi connectivity index (χ1v) is 24.9. The third kappa shape index (κ3) is 25.2. The van der Waals surface area contributed by atoms with E-state index in [1.807, 2.05) is 0 Å². The van der Waals surface area contributed by atoms with E-state index in [1.54, 1.807) is 0 Å². The number of carbonyl (C=O) groups excluding carboxylic acids is 2. The summed E-state index contributed by atoms with van der Waals surface area (Å²) in [6, 6.07) is 0. The van der Waals surface area contributed by atoms with Gasteiger partial charge in [-0.1, -0.05) is 147 Å². The molecule has 15 nitrogen and oxygen atoms in total. The monoisotopic (exact) mass is 917 g/mol. The van der Waals surface area contributed by atoms with Gasteiger partial charge in [0.1, 0.15) is 55.4 Å². The minimum Gasteiger partial charge on any atom is -0.462 e. The van der Waals surface area contributed by atoms with E-state index in [4.69, 9.17) is 28.4 Å². The molecule has 2 saturated heterocycles. The summed E-state index contributed by atoms with van der Waals surface area (Å²) in [5.74, 6) is -0.936. The second kappa shape index (κ2) is 37.0. The normalized spacial score (nSPS) is 26.8. The molecule has 2 heterocycles. The summed E-state index contributed by atoms with van der Waals surface area (Å²) in [6.07, 6.45) is 19.2. The molecular weight excluding hydrogens is 829 g/mol. The van der Waals surface area contributed by atoms with Crippen molar-refractivity contribution < 1.29 is 73.8 Å². The number of rotatable bonds is 38. The van der Waals surface area contributed by atoms with Gasteiger partial charge in [0.05, 0.1) is 19.8 Å². The van der Waals surface area contributed by atoms with E-state index < -0.39 is 92.7 Å².